The molecule has 7 aromatic rings. The number of nitrogens with two attached hydrogens (primary N) is 1. The fraction of sp³-hybridized carbons (Fsp3) is 0.474. The van der Waals surface area contributed by atoms with Gasteiger partial charge in [0, 0.05) is 54.9 Å². The Bertz CT molecular complexity index is 5970. The van der Waals surface area contributed by atoms with E-state index >= 15 is 24.0 Å². The van der Waals surface area contributed by atoms with E-state index in [0.717, 1.165) is 84.9 Å². The van der Waals surface area contributed by atoms with Crippen LogP contribution in [-0.2, 0) is 81.4 Å². The van der Waals surface area contributed by atoms with Crippen LogP contribution in [0.1, 0.15) is 134 Å². The van der Waals surface area contributed by atoms with Crippen LogP contribution in [0.5, 0.6) is 46.0 Å². The van der Waals surface area contributed by atoms with Crippen LogP contribution in [-0.4, -0.2) is 318 Å². The summed E-state index contributed by atoms with van der Waals surface area (Å²) in [5.41, 5.74) is 0.747. The number of phenols is 3. The molecule has 7 heterocycles. The van der Waals surface area contributed by atoms with E-state index in [2.05, 4.69) is 53.2 Å². The van der Waals surface area contributed by atoms with E-state index in [1.165, 1.54) is 19.2 Å². The van der Waals surface area contributed by atoms with Gasteiger partial charge in [0.2, 0.25) is 53.4 Å². The quantitative estimate of drug-likeness (QED) is 0.0161. The second-order valence-electron chi connectivity index (χ2n) is 37.2. The van der Waals surface area contributed by atoms with Crippen molar-refractivity contribution in [3.63, 3.8) is 0 Å². The van der Waals surface area contributed by atoms with E-state index in [1.54, 1.807) is 45.0 Å². The maximum absolute atomic E-state index is 16.5. The van der Waals surface area contributed by atoms with Gasteiger partial charge in [0.25, 0.3) is 5.91 Å². The second kappa shape index (κ2) is 48.4. The van der Waals surface area contributed by atoms with E-state index in [0.29, 0.717) is 16.7 Å². The highest BCUT2D eigenvalue weighted by Crippen LogP contribution is 2.52. The van der Waals surface area contributed by atoms with Crippen LogP contribution in [0.25, 0.3) is 22.3 Å². The molecule has 0 spiro atoms. The minimum Gasteiger partial charge on any atom is -0.507 e. The molecule has 3 fully saturated rings. The molecule has 46 nitrogen and oxygen atoms in total. The van der Waals surface area contributed by atoms with E-state index in [-0.39, 0.29) is 56.8 Å². The highest BCUT2D eigenvalue weighted by atomic mass is 35.5. The molecule has 8 amide bonds. The lowest BCUT2D eigenvalue weighted by atomic mass is 9.64. The molecule has 15 rings (SSSR count). The lowest BCUT2D eigenvalue weighted by molar-refractivity contribution is -0.324. The SMILES string of the molecule is CN[C@H](CC(C)C)C(=O)N[C@H]1C(=O)N[C@@H](CC(N)=O)C(=O)N[C@H]2C(=O)N[C@@H]3C(=O)N[C@H](C(=O)N[C@H](C(=O)O)c4cc(O)c(CNCCCNC(=O)[C@H](O)[C@@H](O)[C@H](O[C@@H]5OC(CCO)[C@H](O)[C@H](O)C5O)[C@H](O)CO)c(O)c4-c4cc3ccc4O)[C@H](O)c3ccc(c(Cl)c3)Oc3cc2cc(c3O[C@@H]2O[C@H](CO)C(O)C(O)[C@H]2O[C@H](O)CC2(NCc3ccc(-c4ccc(C(F)(F)F)cc4)cc3)C[C@@H](C)[C@@H]2O)Oc2ccc(cc2Cl)[C@H]1O. The first-order chi connectivity index (χ1) is 70.1. The number of aliphatic hydroxyl groups excluding tert-OH is 15. The Labute approximate surface area is 850 Å². The number of likely N-dealkylation sites (N-methyl/N-ethyl adjacent to an activating group) is 1. The number of ether oxygens (including phenoxy) is 7. The Balaban J connectivity index is 0.898. The lowest BCUT2D eigenvalue weighted by Crippen LogP contribution is -2.67. The number of carbonyl (C=O) groups is 9. The molecule has 27 atom stereocenters. The zero-order valence-electron chi connectivity index (χ0n) is 79.3. The Kier molecular flexibility index (Phi) is 37.0. The van der Waals surface area contributed by atoms with Gasteiger partial charge in [0.15, 0.2) is 42.3 Å². The van der Waals surface area contributed by atoms with Gasteiger partial charge in [0.1, 0.15) is 126 Å². The Morgan fingerprint density at radius 3 is 1.81 bits per heavy atom. The van der Waals surface area contributed by atoms with E-state index in [4.69, 9.17) is 62.1 Å². The number of hydrogen-bond donors (Lipinski definition) is 30. The number of aromatic hydroxyl groups is 3. The maximum atomic E-state index is 16.5. The van der Waals surface area contributed by atoms with Gasteiger partial charge in [-0.3, -0.25) is 38.4 Å². The molecule has 0 aromatic heterocycles. The number of hydrogen-bond acceptors (Lipinski definition) is 37. The zero-order chi connectivity index (χ0) is 108. The van der Waals surface area contributed by atoms with Crippen molar-refractivity contribution in [1.82, 2.24) is 53.2 Å². The number of fused-ring (bicyclic) bond motifs is 15. The molecule has 51 heteroatoms. The molecule has 1 aliphatic carbocycles. The lowest BCUT2D eigenvalue weighted by Gasteiger charge is -2.53. The van der Waals surface area contributed by atoms with Gasteiger partial charge < -0.3 is 189 Å². The monoisotopic (exact) mass is 2120 g/mol. The summed E-state index contributed by atoms with van der Waals surface area (Å²) in [5, 5.41) is 241. The molecule has 2 saturated heterocycles. The molecular formula is C97H116Cl2F3N11O35. The summed E-state index contributed by atoms with van der Waals surface area (Å²) >= 11 is 14.4. The maximum Gasteiger partial charge on any atom is 0.416 e. The summed E-state index contributed by atoms with van der Waals surface area (Å²) in [7, 11) is 1.43. The van der Waals surface area contributed by atoms with Crippen molar-refractivity contribution < 1.29 is 187 Å². The molecule has 804 valence electrons. The smallest absolute Gasteiger partial charge is 0.416 e. The van der Waals surface area contributed by atoms with E-state index < -0.39 is 363 Å². The number of aliphatic hydroxyl groups is 15. The topological polar surface area (TPSA) is 749 Å². The molecule has 5 unspecified atom stereocenters. The van der Waals surface area contributed by atoms with Gasteiger partial charge in [0.05, 0.1) is 59.1 Å². The third-order valence-corrected chi connectivity index (χ3v) is 27.0. The summed E-state index contributed by atoms with van der Waals surface area (Å²) in [5.74, 6) is -19.9. The summed E-state index contributed by atoms with van der Waals surface area (Å²) in [4.78, 5) is 134. The minimum absolute atomic E-state index is 0.00433. The van der Waals surface area contributed by atoms with Crippen molar-refractivity contribution in [3.05, 3.63) is 176 Å². The van der Waals surface area contributed by atoms with Crippen molar-refractivity contribution in [2.75, 3.05) is 40.0 Å². The van der Waals surface area contributed by atoms with Crippen LogP contribution < -0.4 is 73.1 Å². The number of carboxylic acids is 1. The third kappa shape index (κ3) is 25.5. The number of phenolic OH excluding ortho intramolecular Hbond substituents is 3. The zero-order valence-corrected chi connectivity index (χ0v) is 80.8. The number of aliphatic carboxylic acids is 1. The van der Waals surface area contributed by atoms with Crippen molar-refractivity contribution in [2.24, 2.45) is 17.6 Å². The second-order valence-corrected chi connectivity index (χ2v) is 38.1. The Morgan fingerprint density at radius 2 is 1.23 bits per heavy atom. The standard InChI is InChI=1S/C97H116Cl2F3N11O35/c1-38(2)24-53(104-4)86(133)112-70-72(122)44-13-18-58(51(98)26-44)142-61-28-46-29-62(83(61)148-95-84(78(128)76(126)63(37-116)145-95)146-65(121)33-96(32-39(3)85(96)132)107-34-40-6-8-41(9-7-40)42-10-15-47(16-11-42)97(100,101)102)143-59-19-14-45(27-52(59)99)73(123)71-91(138)111-69(93(140)141)49-30-56(118)50(35-105-21-5-22-106-92(139)80(130)79(129)82(57(119)36-115)147-94-81(131)77(127)75(125)60(144-94)20-23-114)74(124)66(49)48-25-43(12-17-55(48)117)67(88(135)113-71)110-89(136)68(46)109-87(134)54(31-64(103)120)108-90(70)137/h6-19,25-30,38-39,53-54,57,60,63,65,67-73,75-82,84-85,94-95,104-105,107,114-119,121-132H,5,20-24,31-37H2,1-4H3,(H2,103,120)(H,106,139)(H,108,137)(H,109,134)(H,110,136)(H,111,138)(H,112,133)(H,113,135)(H,140,141)/t39-,53-,54+,57-,60?,63-,65+,67+,68-,69+,70-,71+,72-,73-,75+,76?,77+,78?,79-,80-,81?,82-,84-,85+,94+,95+,96?/m1/s1. The van der Waals surface area contributed by atoms with Crippen molar-refractivity contribution >= 4 is 76.4 Å². The van der Waals surface area contributed by atoms with Gasteiger partial charge in [-0.25, -0.2) is 4.79 Å². The highest BCUT2D eigenvalue weighted by Gasteiger charge is 2.56. The number of alkyl halides is 3. The van der Waals surface area contributed by atoms with E-state index in [1.807, 2.05) is 0 Å². The van der Waals surface area contributed by atoms with Crippen LogP contribution in [0.4, 0.5) is 13.2 Å². The summed E-state index contributed by atoms with van der Waals surface area (Å²) in [6.45, 7) is 1.18. The molecule has 11 bridgehead atoms. The average molecular weight is 2120 g/mol. The van der Waals surface area contributed by atoms with Gasteiger partial charge in [-0.1, -0.05) is 98.6 Å². The van der Waals surface area contributed by atoms with E-state index in [9.17, 15) is 129 Å². The number of carbonyl (C=O) groups excluding carboxylic acids is 8. The van der Waals surface area contributed by atoms with Crippen LogP contribution in [0.2, 0.25) is 10.0 Å². The molecule has 0 radical (unpaired) electrons. The number of nitrogens with one attached hydrogen (secondary N) is 10. The summed E-state index contributed by atoms with van der Waals surface area (Å²) < 4.78 is 84.0. The van der Waals surface area contributed by atoms with Crippen LogP contribution in [0.3, 0.4) is 0 Å². The number of benzene rings is 7. The fourth-order valence-electron chi connectivity index (χ4n) is 18.4. The summed E-state index contributed by atoms with van der Waals surface area (Å²) in [6.07, 6.45) is -43.3. The van der Waals surface area contributed by atoms with Crippen LogP contribution in [0.15, 0.2) is 121 Å². The van der Waals surface area contributed by atoms with Gasteiger partial charge in [-0.05, 0) is 157 Å². The Hall–Kier alpha value is -11.9. The largest absolute Gasteiger partial charge is 0.507 e. The van der Waals surface area contributed by atoms with Crippen molar-refractivity contribution in [1.29, 1.82) is 0 Å². The van der Waals surface area contributed by atoms with Gasteiger partial charge in [-0.15, -0.1) is 0 Å². The van der Waals surface area contributed by atoms with Gasteiger partial charge in [-0.2, -0.15) is 13.2 Å². The third-order valence-electron chi connectivity index (χ3n) is 26.4. The molecule has 8 aliphatic rings. The molecule has 148 heavy (non-hydrogen) atoms. The van der Waals surface area contributed by atoms with Crippen LogP contribution in [0, 0.1) is 11.8 Å². The highest BCUT2D eigenvalue weighted by molar-refractivity contribution is 6.32. The first-order valence-corrected chi connectivity index (χ1v) is 47.7. The number of carboxylic acid groups (broad SMARTS) is 1. The fourth-order valence-corrected chi connectivity index (χ4v) is 18.8. The number of rotatable bonds is 34. The number of primary amides is 1. The first-order valence-electron chi connectivity index (χ1n) is 46.9. The molecule has 1 saturated carbocycles. The predicted octanol–water partition coefficient (Wildman–Crippen LogP) is -1.54. The minimum atomic E-state index is -4.58. The first kappa shape index (κ1) is 113. The number of halogens is 5. The molecule has 7 aromatic carbocycles. The van der Waals surface area contributed by atoms with Crippen LogP contribution >= 0.6 is 23.2 Å². The number of amides is 8. The summed E-state index contributed by atoms with van der Waals surface area (Å²) in [6, 6.07) is 7.56. The van der Waals surface area contributed by atoms with Gasteiger partial charge >= 0.3 is 12.1 Å². The molecule has 31 N–H and O–H groups in total. The predicted molar refractivity (Wildman–Crippen MR) is 506 cm³/mol. The molecule has 7 aliphatic heterocycles. The normalized spacial score (nSPS) is 27.5. The Morgan fingerprint density at radius 1 is 0.628 bits per heavy atom. The average Bonchev–Trinajstić information content (AvgIpc) is 0.757. The van der Waals surface area contributed by atoms with Crippen molar-refractivity contribution in [2.45, 2.75) is 237 Å². The van der Waals surface area contributed by atoms with Crippen molar-refractivity contribution in [3.8, 4) is 68.2 Å². The molecular weight excluding hydrogens is 2010 g/mol.